The third-order valence-corrected chi connectivity index (χ3v) is 5.27. The summed E-state index contributed by atoms with van der Waals surface area (Å²) in [6.45, 7) is 6.02. The Bertz CT molecular complexity index is 1030. The van der Waals surface area contributed by atoms with Gasteiger partial charge >= 0.3 is 5.97 Å². The van der Waals surface area contributed by atoms with Gasteiger partial charge in [-0.25, -0.2) is 4.79 Å². The van der Waals surface area contributed by atoms with Crippen molar-refractivity contribution in [3.05, 3.63) is 59.2 Å². The Hall–Kier alpha value is -3.23. The zero-order valence-corrected chi connectivity index (χ0v) is 19.7. The number of hydrogen-bond acceptors (Lipinski definition) is 6. The third kappa shape index (κ3) is 5.97. The molecule has 0 aromatic heterocycles. The summed E-state index contributed by atoms with van der Waals surface area (Å²) >= 11 is 0. The van der Waals surface area contributed by atoms with Crippen LogP contribution in [0, 0.1) is 0 Å². The smallest absolute Gasteiger partial charge is 0.338 e. The summed E-state index contributed by atoms with van der Waals surface area (Å²) in [5.74, 6) is -0.789. The molecule has 2 aromatic rings. The summed E-state index contributed by atoms with van der Waals surface area (Å²) in [5, 5.41) is 6.16. The van der Waals surface area contributed by atoms with Crippen molar-refractivity contribution in [1.82, 2.24) is 5.32 Å². The highest BCUT2D eigenvalue weighted by molar-refractivity contribution is 5.98. The van der Waals surface area contributed by atoms with Crippen molar-refractivity contribution in [2.24, 2.45) is 0 Å². The molecule has 2 amide bonds. The van der Waals surface area contributed by atoms with Gasteiger partial charge in [-0.3, -0.25) is 9.59 Å². The predicted molar refractivity (Wildman–Crippen MR) is 126 cm³/mol. The maximum absolute atomic E-state index is 13.1. The molecule has 1 heterocycles. The number of amides is 2. The lowest BCUT2D eigenvalue weighted by Gasteiger charge is -2.30. The standard InChI is InChI=1S/C25H31N3O5/c1-25(2,3)33-24(31)16-9-11-17(12-10-16)27-23(30)22-19-7-6-8-20(18(19)13-14-26-22)28(4)21(29)15-32-5/h6-12,22,26H,13-15H2,1-5H3,(H,27,30). The number of carbonyl (C=O) groups is 3. The minimum absolute atomic E-state index is 0.0123. The highest BCUT2D eigenvalue weighted by atomic mass is 16.6. The number of nitrogens with zero attached hydrogens (tertiary/aromatic N) is 1. The SMILES string of the molecule is COCC(=O)N(C)c1cccc2c1CCNC2C(=O)Nc1ccc(C(=O)OC(C)(C)C)cc1. The lowest BCUT2D eigenvalue weighted by atomic mass is 9.91. The lowest BCUT2D eigenvalue weighted by Crippen LogP contribution is -2.39. The molecule has 0 saturated carbocycles. The largest absolute Gasteiger partial charge is 0.456 e. The first kappa shape index (κ1) is 24.4. The number of fused-ring (bicyclic) bond motifs is 1. The van der Waals surface area contributed by atoms with Crippen molar-refractivity contribution in [2.45, 2.75) is 38.8 Å². The summed E-state index contributed by atoms with van der Waals surface area (Å²) in [4.78, 5) is 39.2. The van der Waals surface area contributed by atoms with Gasteiger partial charge in [0, 0.05) is 32.1 Å². The first-order valence-corrected chi connectivity index (χ1v) is 10.9. The second-order valence-corrected chi connectivity index (χ2v) is 8.94. The van der Waals surface area contributed by atoms with Crippen molar-refractivity contribution >= 4 is 29.2 Å². The number of hydrogen-bond donors (Lipinski definition) is 2. The molecule has 8 nitrogen and oxygen atoms in total. The molecule has 33 heavy (non-hydrogen) atoms. The first-order chi connectivity index (χ1) is 15.6. The number of benzene rings is 2. The topological polar surface area (TPSA) is 97.0 Å². The fourth-order valence-corrected chi connectivity index (χ4v) is 3.73. The predicted octanol–water partition coefficient (Wildman–Crippen LogP) is 3.08. The molecule has 3 rings (SSSR count). The van der Waals surface area contributed by atoms with E-state index >= 15 is 0 Å². The zero-order valence-electron chi connectivity index (χ0n) is 19.7. The minimum Gasteiger partial charge on any atom is -0.456 e. The van der Waals surface area contributed by atoms with Gasteiger partial charge in [0.15, 0.2) is 0 Å². The first-order valence-electron chi connectivity index (χ1n) is 10.9. The number of likely N-dealkylation sites (N-methyl/N-ethyl adjacent to an activating group) is 1. The summed E-state index contributed by atoms with van der Waals surface area (Å²) in [6.07, 6.45) is 0.699. The molecule has 0 bridgehead atoms. The highest BCUT2D eigenvalue weighted by Crippen LogP contribution is 2.31. The maximum atomic E-state index is 13.1. The van der Waals surface area contributed by atoms with Crippen LogP contribution in [0.15, 0.2) is 42.5 Å². The van der Waals surface area contributed by atoms with Gasteiger partial charge in [0.25, 0.3) is 5.91 Å². The molecule has 1 atom stereocenters. The number of nitrogens with one attached hydrogen (secondary N) is 2. The summed E-state index contributed by atoms with van der Waals surface area (Å²) in [5.41, 5.74) is 2.98. The quantitative estimate of drug-likeness (QED) is 0.653. The average Bonchev–Trinajstić information content (AvgIpc) is 2.77. The number of esters is 1. The summed E-state index contributed by atoms with van der Waals surface area (Å²) in [6, 6.07) is 11.7. The maximum Gasteiger partial charge on any atom is 0.338 e. The van der Waals surface area contributed by atoms with Crippen LogP contribution in [0.1, 0.15) is 48.3 Å². The van der Waals surface area contributed by atoms with Crippen molar-refractivity contribution in [2.75, 3.05) is 37.5 Å². The van der Waals surface area contributed by atoms with E-state index < -0.39 is 17.6 Å². The molecular formula is C25H31N3O5. The van der Waals surface area contributed by atoms with Crippen LogP contribution in [-0.2, 0) is 25.5 Å². The van der Waals surface area contributed by atoms with E-state index in [9.17, 15) is 14.4 Å². The van der Waals surface area contributed by atoms with Crippen LogP contribution < -0.4 is 15.5 Å². The molecule has 1 aliphatic rings. The van der Waals surface area contributed by atoms with Gasteiger partial charge in [0.1, 0.15) is 18.2 Å². The Morgan fingerprint density at radius 1 is 1.12 bits per heavy atom. The fourth-order valence-electron chi connectivity index (χ4n) is 3.73. The number of anilines is 2. The Morgan fingerprint density at radius 3 is 2.45 bits per heavy atom. The minimum atomic E-state index is -0.578. The van der Waals surface area contributed by atoms with Crippen LogP contribution in [0.4, 0.5) is 11.4 Å². The molecule has 8 heteroatoms. The molecule has 1 unspecified atom stereocenters. The normalized spacial score (nSPS) is 15.4. The second-order valence-electron chi connectivity index (χ2n) is 8.94. The third-order valence-electron chi connectivity index (χ3n) is 5.27. The molecule has 1 aliphatic heterocycles. The number of carbonyl (C=O) groups excluding carboxylic acids is 3. The lowest BCUT2D eigenvalue weighted by molar-refractivity contribution is -0.121. The molecule has 0 saturated heterocycles. The number of rotatable bonds is 6. The summed E-state index contributed by atoms with van der Waals surface area (Å²) < 4.78 is 10.3. The zero-order chi connectivity index (χ0) is 24.2. The molecule has 0 radical (unpaired) electrons. The Morgan fingerprint density at radius 2 is 1.82 bits per heavy atom. The number of ether oxygens (including phenoxy) is 2. The van der Waals surface area contributed by atoms with E-state index in [2.05, 4.69) is 10.6 Å². The van der Waals surface area contributed by atoms with Gasteiger partial charge in [0.05, 0.1) is 5.56 Å². The van der Waals surface area contributed by atoms with Gasteiger partial charge in [-0.05, 0) is 68.7 Å². The molecule has 2 N–H and O–H groups in total. The Balaban J connectivity index is 1.76. The van der Waals surface area contributed by atoms with E-state index in [1.54, 1.807) is 36.2 Å². The molecule has 0 fully saturated rings. The van der Waals surface area contributed by atoms with Crippen molar-refractivity contribution in [1.29, 1.82) is 0 Å². The monoisotopic (exact) mass is 453 g/mol. The van der Waals surface area contributed by atoms with E-state index in [-0.39, 0.29) is 18.4 Å². The Labute approximate surface area is 194 Å². The highest BCUT2D eigenvalue weighted by Gasteiger charge is 2.29. The van der Waals surface area contributed by atoms with Crippen molar-refractivity contribution < 1.29 is 23.9 Å². The van der Waals surface area contributed by atoms with Crippen LogP contribution in [-0.4, -0.2) is 50.7 Å². The van der Waals surface area contributed by atoms with E-state index in [4.69, 9.17) is 9.47 Å². The van der Waals surface area contributed by atoms with Crippen LogP contribution in [0.5, 0.6) is 0 Å². The fraction of sp³-hybridized carbons (Fsp3) is 0.400. The van der Waals surface area contributed by atoms with E-state index in [1.165, 1.54) is 7.11 Å². The van der Waals surface area contributed by atoms with E-state index in [0.29, 0.717) is 24.2 Å². The van der Waals surface area contributed by atoms with E-state index in [0.717, 1.165) is 16.8 Å². The molecule has 2 aromatic carbocycles. The molecule has 176 valence electrons. The van der Waals surface area contributed by atoms with Crippen LogP contribution in [0.25, 0.3) is 0 Å². The number of methoxy groups -OCH3 is 1. The molecule has 0 aliphatic carbocycles. The van der Waals surface area contributed by atoms with Gasteiger partial charge < -0.3 is 25.0 Å². The van der Waals surface area contributed by atoms with Gasteiger partial charge in [-0.15, -0.1) is 0 Å². The summed E-state index contributed by atoms with van der Waals surface area (Å²) in [7, 11) is 3.19. The second kappa shape index (κ2) is 10.1. The molecular weight excluding hydrogens is 422 g/mol. The average molecular weight is 454 g/mol. The van der Waals surface area contributed by atoms with Crippen LogP contribution in [0.2, 0.25) is 0 Å². The van der Waals surface area contributed by atoms with Crippen LogP contribution >= 0.6 is 0 Å². The van der Waals surface area contributed by atoms with Crippen LogP contribution in [0.3, 0.4) is 0 Å². The molecule has 0 spiro atoms. The van der Waals surface area contributed by atoms with Gasteiger partial charge in [0.2, 0.25) is 5.91 Å². The Kier molecular flexibility index (Phi) is 7.50. The van der Waals surface area contributed by atoms with Crippen molar-refractivity contribution in [3.63, 3.8) is 0 Å². The van der Waals surface area contributed by atoms with E-state index in [1.807, 2.05) is 39.0 Å². The van der Waals surface area contributed by atoms with Crippen molar-refractivity contribution in [3.8, 4) is 0 Å². The van der Waals surface area contributed by atoms with Gasteiger partial charge in [-0.2, -0.15) is 0 Å². The van der Waals surface area contributed by atoms with Gasteiger partial charge in [-0.1, -0.05) is 12.1 Å².